The maximum Gasteiger partial charge on any atom is 0.251 e. The normalized spacial score (nSPS) is 11.5. The first-order valence-electron chi connectivity index (χ1n) is 10.5. The molecule has 170 valence electrons. The average molecular weight is 456 g/mol. The lowest BCUT2D eigenvalue weighted by atomic mass is 10.1. The fourth-order valence-corrected chi connectivity index (χ4v) is 5.00. The zero-order valence-electron chi connectivity index (χ0n) is 18.9. The summed E-state index contributed by atoms with van der Waals surface area (Å²) in [6, 6.07) is 11.0. The van der Waals surface area contributed by atoms with Gasteiger partial charge in [0.1, 0.15) is 0 Å². The van der Waals surface area contributed by atoms with E-state index in [9.17, 15) is 13.2 Å². The van der Waals surface area contributed by atoms with Crippen molar-refractivity contribution in [1.29, 1.82) is 0 Å². The molecular weight excluding hydrogens is 426 g/mol. The third kappa shape index (κ3) is 6.23. The number of carbonyl (C=O) groups excluding carboxylic acids is 1. The Kier molecular flexibility index (Phi) is 7.40. The van der Waals surface area contributed by atoms with E-state index < -0.39 is 9.84 Å². The third-order valence-electron chi connectivity index (χ3n) is 5.12. The van der Waals surface area contributed by atoms with Crippen molar-refractivity contribution in [1.82, 2.24) is 25.1 Å². The maximum absolute atomic E-state index is 12.5. The summed E-state index contributed by atoms with van der Waals surface area (Å²) in [5.74, 6) is 0.359. The van der Waals surface area contributed by atoms with Crippen molar-refractivity contribution in [3.8, 4) is 5.95 Å². The summed E-state index contributed by atoms with van der Waals surface area (Å²) >= 11 is 0. The number of sulfone groups is 1. The highest BCUT2D eigenvalue weighted by Crippen LogP contribution is 2.17. The van der Waals surface area contributed by atoms with Crippen LogP contribution in [0, 0.1) is 27.7 Å². The van der Waals surface area contributed by atoms with Crippen LogP contribution in [0.15, 0.2) is 36.4 Å². The quantitative estimate of drug-likeness (QED) is 0.497. The van der Waals surface area contributed by atoms with Gasteiger partial charge in [-0.25, -0.2) is 23.1 Å². The molecule has 3 rings (SSSR count). The number of aromatic nitrogens is 4. The predicted octanol–water partition coefficient (Wildman–Crippen LogP) is 2.56. The molecule has 0 radical (unpaired) electrons. The van der Waals surface area contributed by atoms with Gasteiger partial charge in [0.05, 0.1) is 23.6 Å². The number of nitrogens with zero attached hydrogens (tertiary/aromatic N) is 4. The highest BCUT2D eigenvalue weighted by atomic mass is 32.2. The number of rotatable bonds is 9. The third-order valence-corrected chi connectivity index (χ3v) is 6.81. The van der Waals surface area contributed by atoms with Gasteiger partial charge in [0.2, 0.25) is 5.91 Å². The van der Waals surface area contributed by atoms with Gasteiger partial charge in [-0.05, 0) is 45.7 Å². The average Bonchev–Trinajstić information content (AvgIpc) is 2.99. The second-order valence-corrected chi connectivity index (χ2v) is 10.2. The molecule has 0 fully saturated rings. The van der Waals surface area contributed by atoms with Crippen LogP contribution in [0.1, 0.15) is 40.3 Å². The number of carbonyl (C=O) groups is 1. The van der Waals surface area contributed by atoms with Gasteiger partial charge < -0.3 is 5.32 Å². The Morgan fingerprint density at radius 3 is 2.34 bits per heavy atom. The fraction of sp³-hybridized carbons (Fsp3) is 0.391. The number of hydrogen-bond donors (Lipinski definition) is 1. The Labute approximate surface area is 189 Å². The summed E-state index contributed by atoms with van der Waals surface area (Å²) in [6.45, 7) is 7.85. The fourth-order valence-electron chi connectivity index (χ4n) is 3.57. The molecule has 1 N–H and O–H groups in total. The Bertz CT molecular complexity index is 1180. The van der Waals surface area contributed by atoms with Gasteiger partial charge in [-0.3, -0.25) is 4.79 Å². The number of amides is 1. The molecule has 9 heteroatoms. The van der Waals surface area contributed by atoms with Crippen LogP contribution < -0.4 is 5.32 Å². The van der Waals surface area contributed by atoms with Crippen molar-refractivity contribution in [3.63, 3.8) is 0 Å². The Morgan fingerprint density at radius 2 is 1.69 bits per heavy atom. The van der Waals surface area contributed by atoms with Gasteiger partial charge in [-0.1, -0.05) is 30.3 Å². The van der Waals surface area contributed by atoms with Crippen molar-refractivity contribution in [2.45, 2.75) is 46.3 Å². The van der Waals surface area contributed by atoms with Gasteiger partial charge in [-0.15, -0.1) is 0 Å². The summed E-state index contributed by atoms with van der Waals surface area (Å²) in [5.41, 5.74) is 4.84. The molecule has 0 unspecified atom stereocenters. The molecule has 0 aliphatic carbocycles. The zero-order chi connectivity index (χ0) is 23.3. The molecular formula is C23H29N5O3S. The van der Waals surface area contributed by atoms with E-state index in [1.54, 1.807) is 16.8 Å². The first kappa shape index (κ1) is 23.6. The lowest BCUT2D eigenvalue weighted by Gasteiger charge is -2.08. The minimum Gasteiger partial charge on any atom is -0.356 e. The van der Waals surface area contributed by atoms with Gasteiger partial charge >= 0.3 is 0 Å². The lowest BCUT2D eigenvalue weighted by Crippen LogP contribution is -2.28. The number of benzene rings is 1. The predicted molar refractivity (Wildman–Crippen MR) is 123 cm³/mol. The number of aryl methyl sites for hydroxylation is 3. The van der Waals surface area contributed by atoms with Crippen LogP contribution in [0.2, 0.25) is 0 Å². The second kappa shape index (κ2) is 10.0. The summed E-state index contributed by atoms with van der Waals surface area (Å²) in [7, 11) is -3.22. The largest absolute Gasteiger partial charge is 0.356 e. The van der Waals surface area contributed by atoms with Crippen LogP contribution in [-0.2, 0) is 26.8 Å². The molecule has 2 heterocycles. The highest BCUT2D eigenvalue weighted by molar-refractivity contribution is 7.90. The van der Waals surface area contributed by atoms with E-state index in [1.165, 1.54) is 0 Å². The molecule has 8 nitrogen and oxygen atoms in total. The van der Waals surface area contributed by atoms with Gasteiger partial charge in [0, 0.05) is 29.2 Å². The van der Waals surface area contributed by atoms with E-state index in [0.29, 0.717) is 18.9 Å². The van der Waals surface area contributed by atoms with Crippen molar-refractivity contribution in [3.05, 3.63) is 70.3 Å². The second-order valence-electron chi connectivity index (χ2n) is 7.97. The van der Waals surface area contributed by atoms with Crippen LogP contribution in [0.25, 0.3) is 5.95 Å². The van der Waals surface area contributed by atoms with Gasteiger partial charge in [0.25, 0.3) is 5.95 Å². The van der Waals surface area contributed by atoms with Gasteiger partial charge in [0.15, 0.2) is 9.84 Å². The Morgan fingerprint density at radius 1 is 1.03 bits per heavy atom. The zero-order valence-corrected chi connectivity index (χ0v) is 19.7. The van der Waals surface area contributed by atoms with Gasteiger partial charge in [-0.2, -0.15) is 5.10 Å². The Hall–Kier alpha value is -3.07. The molecule has 0 saturated heterocycles. The topological polar surface area (TPSA) is 107 Å². The van der Waals surface area contributed by atoms with Crippen LogP contribution in [0.4, 0.5) is 0 Å². The van der Waals surface area contributed by atoms with E-state index in [-0.39, 0.29) is 23.8 Å². The monoisotopic (exact) mass is 455 g/mol. The summed E-state index contributed by atoms with van der Waals surface area (Å²) in [5, 5.41) is 7.33. The molecule has 0 bridgehead atoms. The van der Waals surface area contributed by atoms with Crippen LogP contribution in [0.5, 0.6) is 0 Å². The van der Waals surface area contributed by atoms with Crippen molar-refractivity contribution < 1.29 is 13.2 Å². The van der Waals surface area contributed by atoms with E-state index in [2.05, 4.69) is 20.4 Å². The molecule has 0 spiro atoms. The Balaban J connectivity index is 1.55. The summed E-state index contributed by atoms with van der Waals surface area (Å²) in [6.07, 6.45) is 0.535. The summed E-state index contributed by atoms with van der Waals surface area (Å²) < 4.78 is 26.2. The van der Waals surface area contributed by atoms with E-state index in [4.69, 9.17) is 0 Å². The van der Waals surface area contributed by atoms with Crippen LogP contribution in [0.3, 0.4) is 0 Å². The van der Waals surface area contributed by atoms with Crippen LogP contribution >= 0.6 is 0 Å². The SMILES string of the molecule is Cc1cc(C)nc(-n2nc(C)c(CC(=O)NCCCS(=O)(=O)Cc3ccccc3)c2C)n1. The van der Waals surface area contributed by atoms with Crippen molar-refractivity contribution in [2.75, 3.05) is 12.3 Å². The maximum atomic E-state index is 12.5. The molecule has 0 aliphatic heterocycles. The van der Waals surface area contributed by atoms with E-state index in [1.807, 2.05) is 52.0 Å². The summed E-state index contributed by atoms with van der Waals surface area (Å²) in [4.78, 5) is 21.3. The van der Waals surface area contributed by atoms with E-state index in [0.717, 1.165) is 33.9 Å². The molecule has 32 heavy (non-hydrogen) atoms. The molecule has 0 saturated carbocycles. The number of hydrogen-bond acceptors (Lipinski definition) is 6. The molecule has 0 aliphatic rings. The molecule has 3 aromatic rings. The van der Waals surface area contributed by atoms with E-state index >= 15 is 0 Å². The van der Waals surface area contributed by atoms with Crippen LogP contribution in [-0.4, -0.2) is 46.4 Å². The molecule has 0 atom stereocenters. The molecule has 2 aromatic heterocycles. The molecule has 1 amide bonds. The standard InChI is InChI=1S/C23H29N5O3S/c1-16-13-17(2)26-23(25-16)28-19(4)21(18(3)27-28)14-22(29)24-11-8-12-32(30,31)15-20-9-6-5-7-10-20/h5-7,9-10,13H,8,11-12,14-15H2,1-4H3,(H,24,29). The first-order chi connectivity index (χ1) is 15.1. The first-order valence-corrected chi connectivity index (χ1v) is 12.4. The minimum absolute atomic E-state index is 0.0138. The lowest BCUT2D eigenvalue weighted by molar-refractivity contribution is -0.120. The number of nitrogens with one attached hydrogen (secondary N) is 1. The minimum atomic E-state index is -3.22. The highest BCUT2D eigenvalue weighted by Gasteiger charge is 2.18. The smallest absolute Gasteiger partial charge is 0.251 e. The van der Waals surface area contributed by atoms with Crippen molar-refractivity contribution >= 4 is 15.7 Å². The molecule has 1 aromatic carbocycles. The van der Waals surface area contributed by atoms with Crippen molar-refractivity contribution in [2.24, 2.45) is 0 Å².